The Kier molecular flexibility index (Phi) is 10.4. The summed E-state index contributed by atoms with van der Waals surface area (Å²) in [6.45, 7) is 5.52. The molecule has 2 aromatic rings. The zero-order chi connectivity index (χ0) is 37.7. The highest BCUT2D eigenvalue weighted by Crippen LogP contribution is 2.50. The Labute approximate surface area is 309 Å². The predicted molar refractivity (Wildman–Crippen MR) is 192 cm³/mol. The number of nitrogens with zero attached hydrogens (tertiary/aromatic N) is 4. The smallest absolute Gasteiger partial charge is 0.303 e. The second-order valence-electron chi connectivity index (χ2n) is 16.8. The number of halogens is 4. The maximum Gasteiger partial charge on any atom is 0.303 e. The quantitative estimate of drug-likeness (QED) is 0.210. The highest BCUT2D eigenvalue weighted by atomic mass is 19.3. The summed E-state index contributed by atoms with van der Waals surface area (Å²) in [5.74, 6) is -5.24. The molecule has 3 heterocycles. The van der Waals surface area contributed by atoms with Gasteiger partial charge in [-0.25, -0.2) is 18.7 Å². The van der Waals surface area contributed by atoms with Crippen LogP contribution in [0.4, 0.5) is 29.2 Å². The van der Waals surface area contributed by atoms with Crippen LogP contribution in [0.3, 0.4) is 0 Å². The van der Waals surface area contributed by atoms with Crippen molar-refractivity contribution >= 4 is 23.5 Å². The molecule has 53 heavy (non-hydrogen) atoms. The summed E-state index contributed by atoms with van der Waals surface area (Å²) in [4.78, 5) is 37.3. The minimum absolute atomic E-state index is 0.00784. The van der Waals surface area contributed by atoms with Crippen LogP contribution in [-0.2, 0) is 16.1 Å². The van der Waals surface area contributed by atoms with E-state index in [-0.39, 0.29) is 60.4 Å². The maximum absolute atomic E-state index is 15.2. The lowest BCUT2D eigenvalue weighted by molar-refractivity contribution is -0.151. The largest absolute Gasteiger partial charge is 0.490 e. The Hall–Kier alpha value is -3.48. The van der Waals surface area contributed by atoms with E-state index < -0.39 is 29.4 Å². The van der Waals surface area contributed by atoms with E-state index in [1.165, 1.54) is 6.20 Å². The Bertz CT molecular complexity index is 1650. The lowest BCUT2D eigenvalue weighted by Gasteiger charge is -2.46. The monoisotopic (exact) mass is 743 g/mol. The van der Waals surface area contributed by atoms with E-state index in [2.05, 4.69) is 29.1 Å². The summed E-state index contributed by atoms with van der Waals surface area (Å²) in [6, 6.07) is 6.04. The lowest BCUT2D eigenvalue weighted by Crippen LogP contribution is -2.60. The van der Waals surface area contributed by atoms with Crippen LogP contribution in [-0.4, -0.2) is 76.1 Å². The van der Waals surface area contributed by atoms with Crippen LogP contribution in [0.2, 0.25) is 0 Å². The van der Waals surface area contributed by atoms with E-state index in [1.54, 1.807) is 0 Å². The van der Waals surface area contributed by atoms with Gasteiger partial charge in [-0.2, -0.15) is 8.78 Å². The summed E-state index contributed by atoms with van der Waals surface area (Å²) >= 11 is 0. The van der Waals surface area contributed by atoms with Gasteiger partial charge in [0.15, 0.2) is 0 Å². The van der Waals surface area contributed by atoms with Crippen molar-refractivity contribution in [2.24, 2.45) is 23.7 Å². The van der Waals surface area contributed by atoms with E-state index in [0.717, 1.165) is 94.6 Å². The number of ether oxygens (including phenoxy) is 1. The molecule has 5 aliphatic rings. The molecule has 2 unspecified atom stereocenters. The van der Waals surface area contributed by atoms with Gasteiger partial charge in [0.2, 0.25) is 5.95 Å². The highest BCUT2D eigenvalue weighted by Gasteiger charge is 2.47. The molecule has 2 aliphatic heterocycles. The molecule has 9 nitrogen and oxygen atoms in total. The third-order valence-corrected chi connectivity index (χ3v) is 13.0. The zero-order valence-corrected chi connectivity index (χ0v) is 31.1. The van der Waals surface area contributed by atoms with E-state index in [1.807, 2.05) is 28.0 Å². The van der Waals surface area contributed by atoms with E-state index in [4.69, 9.17) is 4.74 Å². The van der Waals surface area contributed by atoms with Gasteiger partial charge in [-0.15, -0.1) is 0 Å². The summed E-state index contributed by atoms with van der Waals surface area (Å²) in [7, 11) is 0. The van der Waals surface area contributed by atoms with Crippen molar-refractivity contribution in [2.75, 3.05) is 31.1 Å². The molecule has 1 aromatic carbocycles. The number of rotatable bonds is 12. The van der Waals surface area contributed by atoms with Crippen molar-refractivity contribution in [1.82, 2.24) is 20.2 Å². The maximum atomic E-state index is 15.2. The van der Waals surface area contributed by atoms with Gasteiger partial charge in [-0.3, -0.25) is 14.5 Å². The first-order valence-electron chi connectivity index (χ1n) is 19.6. The minimum Gasteiger partial charge on any atom is -0.490 e. The fraction of sp³-hybridized carbons (Fsp3) is 0.700. The Morgan fingerprint density at radius 2 is 1.64 bits per heavy atom. The third-order valence-electron chi connectivity index (χ3n) is 13.0. The molecule has 0 spiro atoms. The molecule has 2 atom stereocenters. The van der Waals surface area contributed by atoms with Crippen LogP contribution >= 0.6 is 0 Å². The van der Waals surface area contributed by atoms with Crippen molar-refractivity contribution in [3.63, 3.8) is 0 Å². The average molecular weight is 744 g/mol. The van der Waals surface area contributed by atoms with E-state index in [9.17, 15) is 23.5 Å². The molecule has 0 radical (unpaired) electrons. The topological polar surface area (TPSA) is 108 Å². The summed E-state index contributed by atoms with van der Waals surface area (Å²) in [6.07, 6.45) is 10.9. The number of nitrogens with one attached hydrogen (secondary N) is 1. The van der Waals surface area contributed by atoms with Crippen LogP contribution in [0.15, 0.2) is 24.4 Å². The number of hydrogen-bond acceptors (Lipinski definition) is 7. The fourth-order valence-corrected chi connectivity index (χ4v) is 10.3. The second kappa shape index (κ2) is 14.6. The molecule has 2 bridgehead atoms. The van der Waals surface area contributed by atoms with Crippen LogP contribution in [0.1, 0.15) is 119 Å². The standard InChI is InChI=1S/C40H53F4N5O4/c1-4-39(5-2)21-49(33-11-10-30(18-32(33)39)53-29-8-6-28(7-9-29)48-22-40(43,44)23-48)37-46-20-31(35(47-37)38(3,41)42)36(52)45-19-27-15-24-12-25(16-27)14-26(13-24)17-34(50)51/h10-11,18,20,24-29H,4-9,12-17,19,21-23H2,1-3H3,(H,45,52)(H,50,51)/t24?,25?,26?,27?,28-,29+. The number of aromatic nitrogens is 2. The average Bonchev–Trinajstić information content (AvgIpc) is 3.43. The number of alkyl halides is 4. The first kappa shape index (κ1) is 37.8. The first-order chi connectivity index (χ1) is 25.1. The number of aliphatic carboxylic acids is 1. The van der Waals surface area contributed by atoms with E-state index in [0.29, 0.717) is 24.9 Å². The summed E-state index contributed by atoms with van der Waals surface area (Å²) in [5, 5.41) is 12.1. The molecule has 1 saturated heterocycles. The summed E-state index contributed by atoms with van der Waals surface area (Å²) < 4.78 is 63.7. The SMILES string of the molecule is CCC1(CC)CN(c2ncc(C(=O)NCC3CC4CC(CC(=O)O)CC(C3)C4)c(C(C)(F)F)n2)c2ccc(O[C@H]3CC[C@@H](N4CC(F)(F)C4)CC3)cc21. The normalized spacial score (nSPS) is 29.2. The molecule has 13 heteroatoms. The zero-order valence-electron chi connectivity index (χ0n) is 31.1. The number of carbonyl (C=O) groups is 2. The Morgan fingerprint density at radius 1 is 0.981 bits per heavy atom. The van der Waals surface area contributed by atoms with Gasteiger partial charge >= 0.3 is 5.97 Å². The minimum atomic E-state index is -3.40. The number of carboxylic acids is 1. The summed E-state index contributed by atoms with van der Waals surface area (Å²) in [5.41, 5.74) is 0.714. The predicted octanol–water partition coefficient (Wildman–Crippen LogP) is 8.09. The molecule has 3 aliphatic carbocycles. The molecule has 7 rings (SSSR count). The van der Waals surface area contributed by atoms with Gasteiger partial charge in [-0.1, -0.05) is 13.8 Å². The van der Waals surface area contributed by atoms with Crippen LogP contribution in [0, 0.1) is 23.7 Å². The molecule has 2 N–H and O–H groups in total. The van der Waals surface area contributed by atoms with Gasteiger partial charge in [0.25, 0.3) is 17.8 Å². The van der Waals surface area contributed by atoms with Crippen molar-refractivity contribution in [2.45, 2.75) is 127 Å². The number of benzene rings is 1. The lowest BCUT2D eigenvalue weighted by atomic mass is 9.64. The van der Waals surface area contributed by atoms with Crippen molar-refractivity contribution < 1.29 is 37.0 Å². The van der Waals surface area contributed by atoms with Gasteiger partial charge in [0, 0.05) is 49.8 Å². The number of fused-ring (bicyclic) bond motifs is 3. The van der Waals surface area contributed by atoms with Crippen molar-refractivity contribution in [3.8, 4) is 5.75 Å². The van der Waals surface area contributed by atoms with Crippen LogP contribution in [0.5, 0.6) is 5.75 Å². The number of anilines is 2. The fourth-order valence-electron chi connectivity index (χ4n) is 10.3. The molecule has 1 amide bonds. The first-order valence-corrected chi connectivity index (χ1v) is 19.6. The highest BCUT2D eigenvalue weighted by molar-refractivity contribution is 5.95. The van der Waals surface area contributed by atoms with Gasteiger partial charge in [0.05, 0.1) is 24.8 Å². The van der Waals surface area contributed by atoms with Gasteiger partial charge in [0.1, 0.15) is 11.4 Å². The number of hydrogen-bond donors (Lipinski definition) is 2. The number of carboxylic acid groups (broad SMARTS) is 1. The molecule has 1 aromatic heterocycles. The molecular weight excluding hydrogens is 690 g/mol. The van der Waals surface area contributed by atoms with Gasteiger partial charge in [-0.05, 0) is 118 Å². The number of amides is 1. The number of carbonyl (C=O) groups excluding carboxylic acids is 1. The van der Waals surface area contributed by atoms with E-state index >= 15 is 8.78 Å². The molecular formula is C40H53F4N5O4. The molecule has 4 fully saturated rings. The van der Waals surface area contributed by atoms with Crippen LogP contribution < -0.4 is 15.0 Å². The number of likely N-dealkylation sites (tertiary alicyclic amines) is 1. The molecule has 3 saturated carbocycles. The molecule has 290 valence electrons. The van der Waals surface area contributed by atoms with Crippen molar-refractivity contribution in [1.29, 1.82) is 0 Å². The second-order valence-corrected chi connectivity index (χ2v) is 16.8. The van der Waals surface area contributed by atoms with Gasteiger partial charge < -0.3 is 20.1 Å². The Morgan fingerprint density at radius 3 is 2.25 bits per heavy atom. The van der Waals surface area contributed by atoms with Crippen molar-refractivity contribution in [3.05, 3.63) is 41.2 Å². The Balaban J connectivity index is 1.04. The van der Waals surface area contributed by atoms with Crippen LogP contribution in [0.25, 0.3) is 0 Å². The third kappa shape index (κ3) is 8.01.